The van der Waals surface area contributed by atoms with Gasteiger partial charge in [-0.15, -0.1) is 0 Å². The highest BCUT2D eigenvalue weighted by molar-refractivity contribution is 6.33. The average Bonchev–Trinajstić information content (AvgIpc) is 2.50. The molecule has 22 heavy (non-hydrogen) atoms. The summed E-state index contributed by atoms with van der Waals surface area (Å²) < 4.78 is 0. The number of nitrogens with one attached hydrogen (secondary N) is 2. The smallest absolute Gasteiger partial charge is 0.233 e. The topological polar surface area (TPSA) is 58.2 Å². The largest absolute Gasteiger partial charge is 0.325 e. The Labute approximate surface area is 134 Å². The predicted octanol–water partition coefficient (Wildman–Crippen LogP) is 3.87. The number of anilines is 2. The van der Waals surface area contributed by atoms with Crippen molar-refractivity contribution in [1.82, 2.24) is 0 Å². The van der Waals surface area contributed by atoms with Crippen LogP contribution in [-0.4, -0.2) is 11.8 Å². The first-order valence-electron chi connectivity index (χ1n) is 7.02. The van der Waals surface area contributed by atoms with Crippen molar-refractivity contribution in [2.75, 3.05) is 10.6 Å². The summed E-state index contributed by atoms with van der Waals surface area (Å²) in [6.45, 7) is 2.01. The zero-order valence-electron chi connectivity index (χ0n) is 12.2. The summed E-state index contributed by atoms with van der Waals surface area (Å²) in [6, 6.07) is 14.4. The molecule has 0 saturated carbocycles. The molecule has 0 aromatic heterocycles. The van der Waals surface area contributed by atoms with Gasteiger partial charge < -0.3 is 10.6 Å². The molecule has 4 nitrogen and oxygen atoms in total. The van der Waals surface area contributed by atoms with E-state index in [9.17, 15) is 9.59 Å². The van der Waals surface area contributed by atoms with Crippen LogP contribution in [-0.2, 0) is 16.0 Å². The summed E-state index contributed by atoms with van der Waals surface area (Å²) in [7, 11) is 0. The Balaban J connectivity index is 1.94. The minimum absolute atomic E-state index is 0.261. The van der Waals surface area contributed by atoms with E-state index in [0.717, 1.165) is 17.7 Å². The van der Waals surface area contributed by atoms with Gasteiger partial charge in [-0.2, -0.15) is 0 Å². The van der Waals surface area contributed by atoms with Gasteiger partial charge in [0.1, 0.15) is 6.42 Å². The molecule has 5 heteroatoms. The standard InChI is InChI=1S/C17H17ClN2O2/c1-2-12-7-3-5-9-14(12)19-16(21)11-17(22)20-15-10-6-4-8-13(15)18/h3-10H,2,11H2,1H3,(H,19,21)(H,20,22). The van der Waals surface area contributed by atoms with Crippen LogP contribution in [0.5, 0.6) is 0 Å². The Morgan fingerprint density at radius 2 is 1.45 bits per heavy atom. The summed E-state index contributed by atoms with van der Waals surface area (Å²) >= 11 is 5.96. The number of benzene rings is 2. The second-order valence-electron chi connectivity index (χ2n) is 4.76. The van der Waals surface area contributed by atoms with Crippen LogP contribution >= 0.6 is 11.6 Å². The Hall–Kier alpha value is -2.33. The molecule has 2 aromatic rings. The Bertz CT molecular complexity index is 686. The SMILES string of the molecule is CCc1ccccc1NC(=O)CC(=O)Nc1ccccc1Cl. The van der Waals surface area contributed by atoms with Crippen molar-refractivity contribution in [3.8, 4) is 0 Å². The fourth-order valence-electron chi connectivity index (χ4n) is 2.05. The van der Waals surface area contributed by atoms with Crippen LogP contribution in [0.2, 0.25) is 5.02 Å². The van der Waals surface area contributed by atoms with Crippen molar-refractivity contribution >= 4 is 34.8 Å². The van der Waals surface area contributed by atoms with Crippen molar-refractivity contribution in [3.63, 3.8) is 0 Å². The number of para-hydroxylation sites is 2. The molecule has 0 aliphatic rings. The number of hydrogen-bond acceptors (Lipinski definition) is 2. The molecule has 2 rings (SSSR count). The number of amides is 2. The molecule has 0 saturated heterocycles. The molecule has 0 aliphatic heterocycles. The summed E-state index contributed by atoms with van der Waals surface area (Å²) in [4.78, 5) is 23.9. The summed E-state index contributed by atoms with van der Waals surface area (Å²) in [5.41, 5.74) is 2.26. The van der Waals surface area contributed by atoms with E-state index in [0.29, 0.717) is 10.7 Å². The van der Waals surface area contributed by atoms with Crippen LogP contribution in [0.4, 0.5) is 11.4 Å². The van der Waals surface area contributed by atoms with Gasteiger partial charge in [0.2, 0.25) is 11.8 Å². The zero-order chi connectivity index (χ0) is 15.9. The van der Waals surface area contributed by atoms with Crippen LogP contribution in [0.3, 0.4) is 0 Å². The van der Waals surface area contributed by atoms with E-state index in [2.05, 4.69) is 10.6 Å². The fourth-order valence-corrected chi connectivity index (χ4v) is 2.23. The number of carbonyl (C=O) groups excluding carboxylic acids is 2. The maximum atomic E-state index is 12.0. The summed E-state index contributed by atoms with van der Waals surface area (Å²) in [5.74, 6) is -0.759. The van der Waals surface area contributed by atoms with E-state index in [1.54, 1.807) is 24.3 Å². The molecule has 0 heterocycles. The third-order valence-corrected chi connectivity index (χ3v) is 3.47. The van der Waals surface area contributed by atoms with Crippen LogP contribution in [0.1, 0.15) is 18.9 Å². The first-order valence-corrected chi connectivity index (χ1v) is 7.40. The lowest BCUT2D eigenvalue weighted by molar-refractivity contribution is -0.123. The molecule has 0 spiro atoms. The summed E-state index contributed by atoms with van der Waals surface area (Å²) in [5, 5.41) is 5.82. The van der Waals surface area contributed by atoms with E-state index in [-0.39, 0.29) is 12.3 Å². The second kappa shape index (κ2) is 7.61. The predicted molar refractivity (Wildman–Crippen MR) is 89.1 cm³/mol. The molecule has 2 N–H and O–H groups in total. The lowest BCUT2D eigenvalue weighted by Gasteiger charge is -2.10. The quantitative estimate of drug-likeness (QED) is 0.823. The van der Waals surface area contributed by atoms with Gasteiger partial charge in [-0.25, -0.2) is 0 Å². The zero-order valence-corrected chi connectivity index (χ0v) is 13.0. The maximum Gasteiger partial charge on any atom is 0.233 e. The van der Waals surface area contributed by atoms with Crippen molar-refractivity contribution < 1.29 is 9.59 Å². The third kappa shape index (κ3) is 4.33. The molecule has 0 unspecified atom stereocenters. The molecule has 0 atom stereocenters. The first kappa shape index (κ1) is 16.0. The monoisotopic (exact) mass is 316 g/mol. The molecule has 0 bridgehead atoms. The minimum atomic E-state index is -0.403. The number of carbonyl (C=O) groups is 2. The van der Waals surface area contributed by atoms with Gasteiger partial charge in [-0.1, -0.05) is 48.9 Å². The van der Waals surface area contributed by atoms with Crippen LogP contribution < -0.4 is 10.6 Å². The highest BCUT2D eigenvalue weighted by Gasteiger charge is 2.12. The minimum Gasteiger partial charge on any atom is -0.325 e. The highest BCUT2D eigenvalue weighted by atomic mass is 35.5. The number of hydrogen-bond donors (Lipinski definition) is 2. The normalized spacial score (nSPS) is 10.1. The van der Waals surface area contributed by atoms with E-state index in [4.69, 9.17) is 11.6 Å². The van der Waals surface area contributed by atoms with Crippen molar-refractivity contribution in [2.24, 2.45) is 0 Å². The maximum absolute atomic E-state index is 12.0. The molecule has 114 valence electrons. The van der Waals surface area contributed by atoms with Gasteiger partial charge in [0.05, 0.1) is 10.7 Å². The van der Waals surface area contributed by atoms with E-state index in [1.807, 2.05) is 31.2 Å². The van der Waals surface area contributed by atoms with E-state index in [1.165, 1.54) is 0 Å². The molecule has 0 radical (unpaired) electrons. The van der Waals surface area contributed by atoms with Gasteiger partial charge >= 0.3 is 0 Å². The first-order chi connectivity index (χ1) is 10.6. The van der Waals surface area contributed by atoms with Crippen LogP contribution in [0, 0.1) is 0 Å². The number of rotatable bonds is 5. The molecular weight excluding hydrogens is 300 g/mol. The van der Waals surface area contributed by atoms with Crippen molar-refractivity contribution in [2.45, 2.75) is 19.8 Å². The molecule has 0 aliphatic carbocycles. The van der Waals surface area contributed by atoms with Gasteiger partial charge in [0.15, 0.2) is 0 Å². The third-order valence-electron chi connectivity index (χ3n) is 3.14. The van der Waals surface area contributed by atoms with Crippen molar-refractivity contribution in [1.29, 1.82) is 0 Å². The van der Waals surface area contributed by atoms with Gasteiger partial charge in [-0.05, 0) is 30.2 Å². The lowest BCUT2D eigenvalue weighted by atomic mass is 10.1. The molecular formula is C17H17ClN2O2. The number of halogens is 1. The van der Waals surface area contributed by atoms with E-state index >= 15 is 0 Å². The Morgan fingerprint density at radius 3 is 2.09 bits per heavy atom. The van der Waals surface area contributed by atoms with Gasteiger partial charge in [0, 0.05) is 5.69 Å². The Kier molecular flexibility index (Phi) is 5.55. The molecule has 2 aromatic carbocycles. The average molecular weight is 317 g/mol. The second-order valence-corrected chi connectivity index (χ2v) is 5.17. The van der Waals surface area contributed by atoms with Gasteiger partial charge in [-0.3, -0.25) is 9.59 Å². The lowest BCUT2D eigenvalue weighted by Crippen LogP contribution is -2.22. The van der Waals surface area contributed by atoms with Crippen LogP contribution in [0.15, 0.2) is 48.5 Å². The molecule has 2 amide bonds. The fraction of sp³-hybridized carbons (Fsp3) is 0.176. The highest BCUT2D eigenvalue weighted by Crippen LogP contribution is 2.20. The van der Waals surface area contributed by atoms with Crippen molar-refractivity contribution in [3.05, 3.63) is 59.1 Å². The van der Waals surface area contributed by atoms with Crippen LogP contribution in [0.25, 0.3) is 0 Å². The van der Waals surface area contributed by atoms with Gasteiger partial charge in [0.25, 0.3) is 0 Å². The van der Waals surface area contributed by atoms with E-state index < -0.39 is 5.91 Å². The molecule has 0 fully saturated rings. The number of aryl methyl sites for hydroxylation is 1. The summed E-state index contributed by atoms with van der Waals surface area (Å²) in [6.07, 6.45) is 0.547. The Morgan fingerprint density at radius 1 is 0.909 bits per heavy atom.